The molecule has 1 fully saturated rings. The van der Waals surface area contributed by atoms with Gasteiger partial charge in [0.25, 0.3) is 11.8 Å². The standard InChI is InChI=1S/C25H25N5O3S/c31-24(27-15-20-4-2-12-34-20)17-7-10-22-21(13-17)23(30-29-22)28-25(32)16-5-8-18(9-6-16)26-14-19-3-1-11-33-19/h2,4-10,12-13,19,26H,1,3,11,14-15H2,(H,27,31)(H2,28,29,30,32). The zero-order valence-corrected chi connectivity index (χ0v) is 19.3. The molecule has 2 aromatic heterocycles. The summed E-state index contributed by atoms with van der Waals surface area (Å²) < 4.78 is 5.62. The van der Waals surface area contributed by atoms with Gasteiger partial charge < -0.3 is 20.7 Å². The van der Waals surface area contributed by atoms with E-state index >= 15 is 0 Å². The number of hydrogen-bond acceptors (Lipinski definition) is 6. The number of aromatic amines is 1. The smallest absolute Gasteiger partial charge is 0.256 e. The molecular weight excluding hydrogens is 450 g/mol. The van der Waals surface area contributed by atoms with E-state index in [1.54, 1.807) is 41.7 Å². The molecule has 1 aliphatic heterocycles. The van der Waals surface area contributed by atoms with Crippen LogP contribution in [-0.4, -0.2) is 41.3 Å². The number of rotatable bonds is 8. The summed E-state index contributed by atoms with van der Waals surface area (Å²) in [6.45, 7) is 2.06. The molecule has 1 unspecified atom stereocenters. The van der Waals surface area contributed by atoms with Crippen molar-refractivity contribution < 1.29 is 14.3 Å². The second-order valence-corrected chi connectivity index (χ2v) is 9.17. The van der Waals surface area contributed by atoms with Crippen molar-refractivity contribution in [2.75, 3.05) is 23.8 Å². The van der Waals surface area contributed by atoms with E-state index in [0.717, 1.165) is 42.1 Å². The molecule has 3 heterocycles. The SMILES string of the molecule is O=C(NCc1cccs1)c1ccc2[nH]nc(NC(=O)c3ccc(NCC4CCCO4)cc3)c2c1. The highest BCUT2D eigenvalue weighted by atomic mass is 32.1. The molecule has 2 aromatic carbocycles. The Balaban J connectivity index is 1.23. The third-order valence-electron chi connectivity index (χ3n) is 5.77. The van der Waals surface area contributed by atoms with Gasteiger partial charge in [0.05, 0.1) is 18.2 Å². The summed E-state index contributed by atoms with van der Waals surface area (Å²) in [5.74, 6) is -0.0695. The average molecular weight is 476 g/mol. The van der Waals surface area contributed by atoms with Crippen LogP contribution in [0.15, 0.2) is 60.0 Å². The van der Waals surface area contributed by atoms with Gasteiger partial charge in [-0.1, -0.05) is 6.07 Å². The highest BCUT2D eigenvalue weighted by molar-refractivity contribution is 7.09. The molecular formula is C25H25N5O3S. The molecule has 0 aliphatic carbocycles. The van der Waals surface area contributed by atoms with Gasteiger partial charge in [-0.05, 0) is 66.8 Å². The minimum atomic E-state index is -0.272. The van der Waals surface area contributed by atoms with Crippen LogP contribution in [0, 0.1) is 0 Å². The first-order chi connectivity index (χ1) is 16.7. The molecule has 9 heteroatoms. The van der Waals surface area contributed by atoms with Crippen LogP contribution in [0.2, 0.25) is 0 Å². The van der Waals surface area contributed by atoms with Gasteiger partial charge >= 0.3 is 0 Å². The van der Waals surface area contributed by atoms with Crippen molar-refractivity contribution in [1.29, 1.82) is 0 Å². The Labute approximate surface area is 200 Å². The summed E-state index contributed by atoms with van der Waals surface area (Å²) in [5.41, 5.74) is 2.69. The Hall–Kier alpha value is -3.69. The van der Waals surface area contributed by atoms with E-state index in [0.29, 0.717) is 28.9 Å². The summed E-state index contributed by atoms with van der Waals surface area (Å²) in [5, 5.41) is 18.9. The lowest BCUT2D eigenvalue weighted by molar-refractivity contribution is 0.0950. The van der Waals surface area contributed by atoms with E-state index in [4.69, 9.17) is 4.74 Å². The number of nitrogens with one attached hydrogen (secondary N) is 4. The fourth-order valence-electron chi connectivity index (χ4n) is 3.89. The topological polar surface area (TPSA) is 108 Å². The Kier molecular flexibility index (Phi) is 6.55. The number of anilines is 2. The van der Waals surface area contributed by atoms with Crippen molar-refractivity contribution in [2.24, 2.45) is 0 Å². The Morgan fingerprint density at radius 2 is 1.94 bits per heavy atom. The molecule has 4 aromatic rings. The van der Waals surface area contributed by atoms with Gasteiger partial charge in [-0.15, -0.1) is 11.3 Å². The lowest BCUT2D eigenvalue weighted by Gasteiger charge is -2.12. The fourth-order valence-corrected chi connectivity index (χ4v) is 4.53. The number of aromatic nitrogens is 2. The zero-order valence-electron chi connectivity index (χ0n) is 18.5. The second kappa shape index (κ2) is 10.1. The quantitative estimate of drug-likeness (QED) is 0.302. The van der Waals surface area contributed by atoms with Gasteiger partial charge in [0, 0.05) is 40.2 Å². The first-order valence-electron chi connectivity index (χ1n) is 11.2. The highest BCUT2D eigenvalue weighted by Gasteiger charge is 2.16. The summed E-state index contributed by atoms with van der Waals surface area (Å²) >= 11 is 1.59. The number of carbonyl (C=O) groups is 2. The van der Waals surface area contributed by atoms with Crippen LogP contribution in [0.5, 0.6) is 0 Å². The normalized spacial score (nSPS) is 15.4. The minimum Gasteiger partial charge on any atom is -0.382 e. The van der Waals surface area contributed by atoms with Gasteiger partial charge in [0.2, 0.25) is 0 Å². The van der Waals surface area contributed by atoms with E-state index in [9.17, 15) is 9.59 Å². The maximum Gasteiger partial charge on any atom is 0.256 e. The molecule has 34 heavy (non-hydrogen) atoms. The van der Waals surface area contributed by atoms with E-state index in [-0.39, 0.29) is 17.9 Å². The number of carbonyl (C=O) groups excluding carboxylic acids is 2. The lowest BCUT2D eigenvalue weighted by Crippen LogP contribution is -2.22. The number of benzene rings is 2. The van der Waals surface area contributed by atoms with Crippen molar-refractivity contribution in [3.8, 4) is 0 Å². The molecule has 174 valence electrons. The first kappa shape index (κ1) is 22.1. The van der Waals surface area contributed by atoms with E-state index in [1.165, 1.54) is 0 Å². The van der Waals surface area contributed by atoms with Crippen LogP contribution in [0.4, 0.5) is 11.5 Å². The number of fused-ring (bicyclic) bond motifs is 1. The minimum absolute atomic E-state index is 0.181. The molecule has 2 amide bonds. The monoisotopic (exact) mass is 475 g/mol. The Morgan fingerprint density at radius 1 is 1.09 bits per heavy atom. The van der Waals surface area contributed by atoms with Crippen LogP contribution >= 0.6 is 11.3 Å². The van der Waals surface area contributed by atoms with E-state index in [1.807, 2.05) is 29.6 Å². The number of amides is 2. The van der Waals surface area contributed by atoms with Crippen molar-refractivity contribution in [2.45, 2.75) is 25.5 Å². The number of nitrogens with zero attached hydrogens (tertiary/aromatic N) is 1. The lowest BCUT2D eigenvalue weighted by atomic mass is 10.1. The molecule has 0 saturated carbocycles. The Bertz CT molecular complexity index is 1280. The first-order valence-corrected chi connectivity index (χ1v) is 12.1. The van der Waals surface area contributed by atoms with Crippen molar-refractivity contribution >= 4 is 45.6 Å². The Morgan fingerprint density at radius 3 is 2.71 bits per heavy atom. The zero-order chi connectivity index (χ0) is 23.3. The van der Waals surface area contributed by atoms with Crippen molar-refractivity contribution in [3.63, 3.8) is 0 Å². The van der Waals surface area contributed by atoms with Gasteiger partial charge in [-0.2, -0.15) is 5.10 Å². The molecule has 0 bridgehead atoms. The predicted molar refractivity (Wildman–Crippen MR) is 133 cm³/mol. The highest BCUT2D eigenvalue weighted by Crippen LogP contribution is 2.23. The van der Waals surface area contributed by atoms with Gasteiger partial charge in [-0.25, -0.2) is 0 Å². The van der Waals surface area contributed by atoms with Crippen LogP contribution in [0.25, 0.3) is 10.9 Å². The summed E-state index contributed by atoms with van der Waals surface area (Å²) in [6, 6.07) is 16.5. The van der Waals surface area contributed by atoms with Crippen LogP contribution in [0.1, 0.15) is 38.4 Å². The van der Waals surface area contributed by atoms with E-state index in [2.05, 4.69) is 26.1 Å². The van der Waals surface area contributed by atoms with Gasteiger partial charge in [0.15, 0.2) is 5.82 Å². The molecule has 4 N–H and O–H groups in total. The maximum absolute atomic E-state index is 12.8. The molecule has 0 spiro atoms. The summed E-state index contributed by atoms with van der Waals surface area (Å²) in [6.07, 6.45) is 2.43. The van der Waals surface area contributed by atoms with E-state index < -0.39 is 0 Å². The molecule has 8 nitrogen and oxygen atoms in total. The number of H-pyrrole nitrogens is 1. The average Bonchev–Trinajstić information content (AvgIpc) is 3.64. The predicted octanol–water partition coefficient (Wildman–Crippen LogP) is 4.40. The number of thiophene rings is 1. The van der Waals surface area contributed by atoms with Crippen molar-refractivity contribution in [1.82, 2.24) is 15.5 Å². The molecule has 1 saturated heterocycles. The van der Waals surface area contributed by atoms with Crippen LogP contribution in [-0.2, 0) is 11.3 Å². The summed E-state index contributed by atoms with van der Waals surface area (Å²) in [7, 11) is 0. The van der Waals surface area contributed by atoms with Gasteiger partial charge in [0.1, 0.15) is 0 Å². The van der Waals surface area contributed by atoms with Crippen LogP contribution in [0.3, 0.4) is 0 Å². The molecule has 0 radical (unpaired) electrons. The van der Waals surface area contributed by atoms with Crippen molar-refractivity contribution in [3.05, 3.63) is 76.0 Å². The molecule has 1 atom stereocenters. The third kappa shape index (κ3) is 5.11. The molecule has 5 rings (SSSR count). The molecule has 1 aliphatic rings. The van der Waals surface area contributed by atoms with Gasteiger partial charge in [-0.3, -0.25) is 14.7 Å². The van der Waals surface area contributed by atoms with Crippen LogP contribution < -0.4 is 16.0 Å². The number of hydrogen-bond donors (Lipinski definition) is 4. The maximum atomic E-state index is 12.8. The third-order valence-corrected chi connectivity index (χ3v) is 6.64. The fraction of sp³-hybridized carbons (Fsp3) is 0.240. The number of ether oxygens (including phenoxy) is 1. The largest absolute Gasteiger partial charge is 0.382 e. The summed E-state index contributed by atoms with van der Waals surface area (Å²) in [4.78, 5) is 26.5. The second-order valence-electron chi connectivity index (χ2n) is 8.14.